The molecule has 1 aromatic carbocycles. The fourth-order valence-electron chi connectivity index (χ4n) is 2.06. The quantitative estimate of drug-likeness (QED) is 0.889. The van der Waals surface area contributed by atoms with Gasteiger partial charge >= 0.3 is 0 Å². The van der Waals surface area contributed by atoms with Crippen LogP contribution >= 0.6 is 11.6 Å². The number of ether oxygens (including phenoxy) is 1. The number of rotatable bonds is 2. The lowest BCUT2D eigenvalue weighted by Gasteiger charge is -2.12. The van der Waals surface area contributed by atoms with Crippen molar-refractivity contribution < 1.29 is 4.74 Å². The van der Waals surface area contributed by atoms with E-state index in [1.807, 2.05) is 19.1 Å². The third-order valence-corrected chi connectivity index (χ3v) is 3.26. The molecule has 0 amide bonds. The summed E-state index contributed by atoms with van der Waals surface area (Å²) in [5.41, 5.74) is 9.77. The first kappa shape index (κ1) is 12.0. The Balaban J connectivity index is 2.82. The zero-order chi connectivity index (χ0) is 12.6. The molecule has 0 aliphatic carbocycles. The van der Waals surface area contributed by atoms with Gasteiger partial charge in [0.15, 0.2) is 0 Å². The van der Waals surface area contributed by atoms with Gasteiger partial charge in [0, 0.05) is 22.8 Å². The van der Waals surface area contributed by atoms with Crippen molar-refractivity contribution in [3.8, 4) is 5.75 Å². The van der Waals surface area contributed by atoms with Gasteiger partial charge in [-0.2, -0.15) is 0 Å². The van der Waals surface area contributed by atoms with E-state index >= 15 is 0 Å². The molecule has 0 aliphatic rings. The first-order valence-electron chi connectivity index (χ1n) is 5.50. The Morgan fingerprint density at radius 3 is 2.71 bits per heavy atom. The summed E-state index contributed by atoms with van der Waals surface area (Å²) in [7, 11) is 1.59. The molecule has 90 valence electrons. The van der Waals surface area contributed by atoms with Crippen LogP contribution in [0.1, 0.15) is 18.2 Å². The van der Waals surface area contributed by atoms with Gasteiger partial charge in [-0.3, -0.25) is 4.98 Å². The van der Waals surface area contributed by atoms with Gasteiger partial charge in [-0.1, -0.05) is 18.5 Å². The van der Waals surface area contributed by atoms with E-state index in [2.05, 4.69) is 11.9 Å². The number of fused-ring (bicyclic) bond motifs is 1. The summed E-state index contributed by atoms with van der Waals surface area (Å²) in [6.07, 6.45) is 0.865. The van der Waals surface area contributed by atoms with Gasteiger partial charge in [-0.25, -0.2) is 0 Å². The minimum absolute atomic E-state index is 0.555. The van der Waals surface area contributed by atoms with E-state index in [4.69, 9.17) is 22.1 Å². The number of nitrogens with two attached hydrogens (primary N) is 1. The summed E-state index contributed by atoms with van der Waals surface area (Å²) in [5.74, 6) is 0.620. The van der Waals surface area contributed by atoms with Crippen molar-refractivity contribution in [2.45, 2.75) is 20.3 Å². The molecule has 0 atom stereocenters. The summed E-state index contributed by atoms with van der Waals surface area (Å²) in [6, 6.07) is 3.64. The molecule has 1 heterocycles. The summed E-state index contributed by atoms with van der Waals surface area (Å²) in [4.78, 5) is 4.54. The highest BCUT2D eigenvalue weighted by molar-refractivity contribution is 6.33. The Bertz CT molecular complexity index is 581. The molecule has 0 saturated carbocycles. The third-order valence-electron chi connectivity index (χ3n) is 2.96. The number of methoxy groups -OCH3 is 1. The smallest absolute Gasteiger partial charge is 0.139 e. The van der Waals surface area contributed by atoms with Crippen LogP contribution in [0.15, 0.2) is 12.1 Å². The number of benzene rings is 1. The van der Waals surface area contributed by atoms with Gasteiger partial charge in [0.05, 0.1) is 17.6 Å². The van der Waals surface area contributed by atoms with Crippen LogP contribution in [-0.4, -0.2) is 12.1 Å². The molecule has 17 heavy (non-hydrogen) atoms. The largest absolute Gasteiger partial charge is 0.495 e. The Hall–Kier alpha value is -1.48. The molecular formula is C13H15ClN2O. The average Bonchev–Trinajstić information content (AvgIpc) is 2.30. The number of anilines is 1. The summed E-state index contributed by atoms with van der Waals surface area (Å²) in [6.45, 7) is 4.03. The van der Waals surface area contributed by atoms with E-state index < -0.39 is 0 Å². The molecule has 0 radical (unpaired) electrons. The van der Waals surface area contributed by atoms with Crippen molar-refractivity contribution in [2.24, 2.45) is 0 Å². The molecule has 0 fully saturated rings. The van der Waals surface area contributed by atoms with Crippen molar-refractivity contribution in [1.82, 2.24) is 4.98 Å². The molecule has 0 aliphatic heterocycles. The Morgan fingerprint density at radius 2 is 2.12 bits per heavy atom. The summed E-state index contributed by atoms with van der Waals surface area (Å²) < 4.78 is 5.18. The summed E-state index contributed by atoms with van der Waals surface area (Å²) in [5, 5.41) is 1.44. The van der Waals surface area contributed by atoms with Crippen LogP contribution in [0.2, 0.25) is 5.02 Å². The average molecular weight is 251 g/mol. The number of aryl methyl sites for hydroxylation is 1. The molecule has 0 bridgehead atoms. The first-order valence-corrected chi connectivity index (χ1v) is 5.88. The number of nitrogens with zero attached hydrogens (tertiary/aromatic N) is 1. The monoisotopic (exact) mass is 250 g/mol. The second-order valence-electron chi connectivity index (χ2n) is 3.95. The van der Waals surface area contributed by atoms with E-state index in [0.29, 0.717) is 10.8 Å². The number of pyridine rings is 1. The van der Waals surface area contributed by atoms with Crippen molar-refractivity contribution >= 4 is 28.2 Å². The number of hydrogen-bond donors (Lipinski definition) is 1. The van der Waals surface area contributed by atoms with Crippen molar-refractivity contribution in [3.63, 3.8) is 0 Å². The number of nitrogen functional groups attached to an aromatic ring is 1. The third kappa shape index (κ3) is 1.91. The van der Waals surface area contributed by atoms with Crippen molar-refractivity contribution in [2.75, 3.05) is 12.8 Å². The Labute approximate surface area is 106 Å². The Morgan fingerprint density at radius 1 is 1.41 bits per heavy atom. The van der Waals surface area contributed by atoms with Gasteiger partial charge in [-0.05, 0) is 25.0 Å². The highest BCUT2D eigenvalue weighted by Gasteiger charge is 2.11. The van der Waals surface area contributed by atoms with Gasteiger partial charge in [0.2, 0.25) is 0 Å². The number of hydrogen-bond acceptors (Lipinski definition) is 3. The molecule has 0 unspecified atom stereocenters. The molecule has 3 nitrogen and oxygen atoms in total. The van der Waals surface area contributed by atoms with Gasteiger partial charge in [0.25, 0.3) is 0 Å². The fraction of sp³-hybridized carbons (Fsp3) is 0.308. The normalized spacial score (nSPS) is 10.8. The van der Waals surface area contributed by atoms with Crippen LogP contribution < -0.4 is 10.5 Å². The lowest BCUT2D eigenvalue weighted by Crippen LogP contribution is -2.01. The predicted molar refractivity (Wildman–Crippen MR) is 71.8 cm³/mol. The highest BCUT2D eigenvalue weighted by atomic mass is 35.5. The van der Waals surface area contributed by atoms with Gasteiger partial charge < -0.3 is 10.5 Å². The SMILES string of the molecule is CCc1c(C)nc2cc(OC)c(Cl)cc2c1N. The van der Waals surface area contributed by atoms with Crippen LogP contribution in [0.25, 0.3) is 10.9 Å². The van der Waals surface area contributed by atoms with E-state index in [1.165, 1.54) is 0 Å². The molecule has 2 aromatic rings. The first-order chi connectivity index (χ1) is 8.08. The minimum atomic E-state index is 0.555. The van der Waals surface area contributed by atoms with Gasteiger partial charge in [0.1, 0.15) is 5.75 Å². The van der Waals surface area contributed by atoms with Crippen LogP contribution in [0.3, 0.4) is 0 Å². The predicted octanol–water partition coefficient (Wildman–Crippen LogP) is 3.35. The number of halogens is 1. The number of aromatic nitrogens is 1. The fourth-order valence-corrected chi connectivity index (χ4v) is 2.30. The molecule has 0 saturated heterocycles. The van der Waals surface area contributed by atoms with Crippen LogP contribution in [0, 0.1) is 6.92 Å². The molecule has 0 spiro atoms. The van der Waals surface area contributed by atoms with Gasteiger partial charge in [-0.15, -0.1) is 0 Å². The van der Waals surface area contributed by atoms with Crippen molar-refractivity contribution in [1.29, 1.82) is 0 Å². The Kier molecular flexibility index (Phi) is 3.11. The van der Waals surface area contributed by atoms with Crippen molar-refractivity contribution in [3.05, 3.63) is 28.4 Å². The van der Waals surface area contributed by atoms with E-state index in [9.17, 15) is 0 Å². The lowest BCUT2D eigenvalue weighted by atomic mass is 10.0. The van der Waals surface area contributed by atoms with Crippen LogP contribution in [-0.2, 0) is 6.42 Å². The van der Waals surface area contributed by atoms with E-state index in [1.54, 1.807) is 7.11 Å². The molecule has 2 N–H and O–H groups in total. The molecule has 2 rings (SSSR count). The second kappa shape index (κ2) is 4.41. The maximum Gasteiger partial charge on any atom is 0.139 e. The molecular weight excluding hydrogens is 236 g/mol. The topological polar surface area (TPSA) is 48.1 Å². The lowest BCUT2D eigenvalue weighted by molar-refractivity contribution is 0.415. The molecule has 4 heteroatoms. The minimum Gasteiger partial charge on any atom is -0.495 e. The zero-order valence-corrected chi connectivity index (χ0v) is 10.9. The highest BCUT2D eigenvalue weighted by Crippen LogP contribution is 2.33. The maximum atomic E-state index is 6.15. The van der Waals surface area contributed by atoms with Crippen LogP contribution in [0.5, 0.6) is 5.75 Å². The van der Waals surface area contributed by atoms with E-state index in [0.717, 1.165) is 34.3 Å². The maximum absolute atomic E-state index is 6.15. The van der Waals surface area contributed by atoms with Crippen LogP contribution in [0.4, 0.5) is 5.69 Å². The van der Waals surface area contributed by atoms with E-state index in [-0.39, 0.29) is 0 Å². The standard InChI is InChI=1S/C13H15ClN2O/c1-4-8-7(2)16-11-6-12(17-3)10(14)5-9(11)13(8)15/h5-6H,4H2,1-3H3,(H2,15,16). The summed E-state index contributed by atoms with van der Waals surface area (Å²) >= 11 is 6.10. The second-order valence-corrected chi connectivity index (χ2v) is 4.35. The zero-order valence-electron chi connectivity index (χ0n) is 10.2. The molecule has 1 aromatic heterocycles.